The zero-order chi connectivity index (χ0) is 23.5. The Kier molecular flexibility index (Phi) is 6.77. The Balaban J connectivity index is 1.38. The van der Waals surface area contributed by atoms with Crippen molar-refractivity contribution in [2.45, 2.75) is 33.9 Å². The largest absolute Gasteiger partial charge is 0.486 e. The summed E-state index contributed by atoms with van der Waals surface area (Å²) in [5.41, 5.74) is 4.00. The van der Waals surface area contributed by atoms with E-state index < -0.39 is 0 Å². The van der Waals surface area contributed by atoms with Gasteiger partial charge in [-0.3, -0.25) is 9.48 Å². The van der Waals surface area contributed by atoms with Gasteiger partial charge < -0.3 is 14.5 Å². The maximum absolute atomic E-state index is 12.6. The zero-order valence-corrected chi connectivity index (χ0v) is 20.0. The van der Waals surface area contributed by atoms with Crippen molar-refractivity contribution in [1.29, 1.82) is 0 Å². The number of amides is 1. The summed E-state index contributed by atoms with van der Waals surface area (Å²) in [6.07, 6.45) is 0. The summed E-state index contributed by atoms with van der Waals surface area (Å²) in [5.74, 6) is 1.53. The highest BCUT2D eigenvalue weighted by Crippen LogP contribution is 2.23. The molecular weight excluding hydrogens is 461 g/mol. The highest BCUT2D eigenvalue weighted by atomic mass is 35.5. The van der Waals surface area contributed by atoms with Crippen molar-refractivity contribution >= 4 is 34.9 Å². The normalized spacial score (nSPS) is 10.9. The minimum absolute atomic E-state index is 0.182. The molecule has 2 heterocycles. The van der Waals surface area contributed by atoms with E-state index in [-0.39, 0.29) is 18.3 Å². The number of halogens is 2. The fourth-order valence-corrected chi connectivity index (χ4v) is 3.94. The molecule has 6 nitrogen and oxygen atoms in total. The summed E-state index contributed by atoms with van der Waals surface area (Å²) in [6, 6.07) is 16.5. The van der Waals surface area contributed by atoms with Gasteiger partial charge in [0.2, 0.25) is 0 Å². The third-order valence-corrected chi connectivity index (χ3v) is 5.61. The molecule has 1 N–H and O–H groups in total. The van der Waals surface area contributed by atoms with E-state index in [1.807, 2.05) is 39.0 Å². The lowest BCUT2D eigenvalue weighted by atomic mass is 10.1. The molecule has 0 saturated heterocycles. The SMILES string of the molecule is Cc1cc(C)cc(OCc2ccc(C(=O)Nc3cc(C)n(Cc4ccc(Cl)cc4Cl)n3)o2)c1. The lowest BCUT2D eigenvalue weighted by Crippen LogP contribution is -2.12. The van der Waals surface area contributed by atoms with Gasteiger partial charge in [0.1, 0.15) is 18.1 Å². The molecule has 2 aromatic carbocycles. The fraction of sp³-hybridized carbons (Fsp3) is 0.200. The van der Waals surface area contributed by atoms with Crippen molar-refractivity contribution in [1.82, 2.24) is 9.78 Å². The molecule has 8 heteroatoms. The number of aromatic nitrogens is 2. The first-order chi connectivity index (χ1) is 15.8. The van der Waals surface area contributed by atoms with Gasteiger partial charge in [-0.2, -0.15) is 5.10 Å². The molecule has 4 aromatic rings. The van der Waals surface area contributed by atoms with E-state index in [1.165, 1.54) is 0 Å². The molecule has 0 aliphatic carbocycles. The number of hydrogen-bond donors (Lipinski definition) is 1. The van der Waals surface area contributed by atoms with Crippen LogP contribution in [-0.2, 0) is 13.2 Å². The molecule has 33 heavy (non-hydrogen) atoms. The number of hydrogen-bond acceptors (Lipinski definition) is 4. The van der Waals surface area contributed by atoms with E-state index >= 15 is 0 Å². The predicted molar refractivity (Wildman–Crippen MR) is 129 cm³/mol. The second-order valence-electron chi connectivity index (χ2n) is 7.90. The Bertz CT molecular complexity index is 1290. The highest BCUT2D eigenvalue weighted by molar-refractivity contribution is 6.35. The van der Waals surface area contributed by atoms with Gasteiger partial charge >= 0.3 is 0 Å². The van der Waals surface area contributed by atoms with Gasteiger partial charge in [-0.05, 0) is 73.9 Å². The maximum atomic E-state index is 12.6. The number of furan rings is 1. The standard InChI is InChI=1S/C25H23Cl2N3O3/c1-15-8-16(2)10-21(9-15)32-14-20-6-7-23(33-20)25(31)28-24-11-17(3)30(29-24)13-18-4-5-19(26)12-22(18)27/h4-12H,13-14H2,1-3H3,(H,28,29,31). The second kappa shape index (κ2) is 9.73. The van der Waals surface area contributed by atoms with Crippen molar-refractivity contribution in [3.8, 4) is 5.75 Å². The van der Waals surface area contributed by atoms with Gasteiger partial charge in [-0.25, -0.2) is 0 Å². The van der Waals surface area contributed by atoms with Gasteiger partial charge in [0.05, 0.1) is 6.54 Å². The fourth-order valence-electron chi connectivity index (χ4n) is 3.47. The monoisotopic (exact) mass is 483 g/mol. The van der Waals surface area contributed by atoms with E-state index in [4.69, 9.17) is 32.4 Å². The molecule has 0 spiro atoms. The number of anilines is 1. The van der Waals surface area contributed by atoms with Gasteiger partial charge in [0.25, 0.3) is 5.91 Å². The Morgan fingerprint density at radius 2 is 1.79 bits per heavy atom. The summed E-state index contributed by atoms with van der Waals surface area (Å²) < 4.78 is 13.2. The number of carbonyl (C=O) groups is 1. The van der Waals surface area contributed by atoms with Crippen LogP contribution >= 0.6 is 23.2 Å². The molecule has 0 radical (unpaired) electrons. The number of nitrogens with one attached hydrogen (secondary N) is 1. The minimum Gasteiger partial charge on any atom is -0.486 e. The smallest absolute Gasteiger partial charge is 0.292 e. The van der Waals surface area contributed by atoms with E-state index in [2.05, 4.69) is 16.5 Å². The molecule has 4 rings (SSSR count). The van der Waals surface area contributed by atoms with Crippen molar-refractivity contribution in [2.24, 2.45) is 0 Å². The molecule has 0 bridgehead atoms. The van der Waals surface area contributed by atoms with Gasteiger partial charge in [-0.15, -0.1) is 0 Å². The van der Waals surface area contributed by atoms with Crippen LogP contribution in [0.1, 0.15) is 38.7 Å². The van der Waals surface area contributed by atoms with E-state index in [0.717, 1.165) is 28.1 Å². The molecule has 0 unspecified atom stereocenters. The van der Waals surface area contributed by atoms with Crippen LogP contribution in [0.2, 0.25) is 10.0 Å². The summed E-state index contributed by atoms with van der Waals surface area (Å²) in [6.45, 7) is 6.62. The third kappa shape index (κ3) is 5.78. The number of carbonyl (C=O) groups excluding carboxylic acids is 1. The van der Waals surface area contributed by atoms with Crippen molar-refractivity contribution in [3.05, 3.63) is 98.5 Å². The van der Waals surface area contributed by atoms with E-state index in [0.29, 0.717) is 28.2 Å². The van der Waals surface area contributed by atoms with Gasteiger partial charge in [0.15, 0.2) is 11.6 Å². The Morgan fingerprint density at radius 3 is 2.52 bits per heavy atom. The first-order valence-electron chi connectivity index (χ1n) is 10.4. The lowest BCUT2D eigenvalue weighted by molar-refractivity contribution is 0.0992. The average molecular weight is 484 g/mol. The average Bonchev–Trinajstić information content (AvgIpc) is 3.34. The molecule has 0 atom stereocenters. The molecule has 0 aliphatic heterocycles. The molecule has 0 saturated carbocycles. The van der Waals surface area contributed by atoms with Crippen LogP contribution in [0.15, 0.2) is 59.0 Å². The van der Waals surface area contributed by atoms with Crippen LogP contribution in [-0.4, -0.2) is 15.7 Å². The number of nitrogens with zero attached hydrogens (tertiary/aromatic N) is 2. The molecular formula is C25H23Cl2N3O3. The van der Waals surface area contributed by atoms with Crippen LogP contribution < -0.4 is 10.1 Å². The van der Waals surface area contributed by atoms with Crippen LogP contribution in [0.25, 0.3) is 0 Å². The zero-order valence-electron chi connectivity index (χ0n) is 18.5. The Labute approximate surface area is 202 Å². The quantitative estimate of drug-likeness (QED) is 0.321. The van der Waals surface area contributed by atoms with Crippen molar-refractivity contribution in [3.63, 3.8) is 0 Å². The number of aryl methyl sites for hydroxylation is 3. The van der Waals surface area contributed by atoms with Crippen molar-refractivity contribution in [2.75, 3.05) is 5.32 Å². The van der Waals surface area contributed by atoms with Gasteiger partial charge in [0, 0.05) is 21.8 Å². The van der Waals surface area contributed by atoms with Crippen LogP contribution in [0.5, 0.6) is 5.75 Å². The first kappa shape index (κ1) is 23.0. The molecule has 1 amide bonds. The Hall–Kier alpha value is -3.22. The lowest BCUT2D eigenvalue weighted by Gasteiger charge is -2.07. The van der Waals surface area contributed by atoms with Crippen LogP contribution in [0, 0.1) is 20.8 Å². The number of rotatable bonds is 7. The topological polar surface area (TPSA) is 69.3 Å². The predicted octanol–water partition coefficient (Wildman–Crippen LogP) is 6.59. The molecule has 0 aliphatic rings. The molecule has 170 valence electrons. The molecule has 0 fully saturated rings. The maximum Gasteiger partial charge on any atom is 0.292 e. The summed E-state index contributed by atoms with van der Waals surface area (Å²) in [7, 11) is 0. The van der Waals surface area contributed by atoms with Crippen LogP contribution in [0.3, 0.4) is 0 Å². The minimum atomic E-state index is -0.387. The van der Waals surface area contributed by atoms with Crippen molar-refractivity contribution < 1.29 is 13.9 Å². The second-order valence-corrected chi connectivity index (χ2v) is 8.74. The Morgan fingerprint density at radius 1 is 1.03 bits per heavy atom. The number of benzene rings is 2. The van der Waals surface area contributed by atoms with Gasteiger partial charge in [-0.1, -0.05) is 35.3 Å². The third-order valence-electron chi connectivity index (χ3n) is 5.02. The van der Waals surface area contributed by atoms with E-state index in [9.17, 15) is 4.79 Å². The highest BCUT2D eigenvalue weighted by Gasteiger charge is 2.15. The first-order valence-corrected chi connectivity index (χ1v) is 11.1. The molecule has 2 aromatic heterocycles. The van der Waals surface area contributed by atoms with E-state index in [1.54, 1.807) is 35.0 Å². The summed E-state index contributed by atoms with van der Waals surface area (Å²) in [5, 5.41) is 8.37. The van der Waals surface area contributed by atoms with Crippen LogP contribution in [0.4, 0.5) is 5.82 Å². The number of ether oxygens (including phenoxy) is 1. The summed E-state index contributed by atoms with van der Waals surface area (Å²) in [4.78, 5) is 12.6. The summed E-state index contributed by atoms with van der Waals surface area (Å²) >= 11 is 12.2.